The number of β-amino-alcohol motifs (C(OH)–C–C–N with tert-alkyl or cyclic N) is 1. The van der Waals surface area contributed by atoms with Crippen LogP contribution in [0, 0.1) is 0 Å². The second-order valence-corrected chi connectivity index (χ2v) is 4.17. The number of nitrogens with zero attached hydrogens (tertiary/aromatic N) is 1. The quantitative estimate of drug-likeness (QED) is 0.224. The second kappa shape index (κ2) is 2.87. The van der Waals surface area contributed by atoms with E-state index in [1.165, 1.54) is 0 Å². The standard InChI is InChI=1S/C7H15NO7/c1-4(9)3-8(7(13,14)15)6(11,12)5(4,2)10/h9-15H,3H2,1-2H3. The SMILES string of the molecule is CC1(O)CN(C(O)(O)O)C(O)(O)C1(C)O. The van der Waals surface area contributed by atoms with Gasteiger partial charge in [0, 0.05) is 6.54 Å². The van der Waals surface area contributed by atoms with Crippen LogP contribution >= 0.6 is 0 Å². The van der Waals surface area contributed by atoms with Crippen molar-refractivity contribution in [3.63, 3.8) is 0 Å². The molecule has 15 heavy (non-hydrogen) atoms. The van der Waals surface area contributed by atoms with Crippen LogP contribution < -0.4 is 0 Å². The fraction of sp³-hybridized carbons (Fsp3) is 1.00. The van der Waals surface area contributed by atoms with Crippen molar-refractivity contribution in [2.24, 2.45) is 0 Å². The molecule has 8 nitrogen and oxygen atoms in total. The minimum atomic E-state index is -3.56. The summed E-state index contributed by atoms with van der Waals surface area (Å²) in [5.74, 6) is -3.19. The summed E-state index contributed by atoms with van der Waals surface area (Å²) in [5.41, 5.74) is -4.52. The second-order valence-electron chi connectivity index (χ2n) is 4.17. The van der Waals surface area contributed by atoms with Gasteiger partial charge in [-0.25, -0.2) is 0 Å². The molecule has 0 aliphatic carbocycles. The maximum Gasteiger partial charge on any atom is 0.350 e. The molecule has 1 aliphatic rings. The Labute approximate surface area is 85.2 Å². The van der Waals surface area contributed by atoms with Crippen molar-refractivity contribution >= 4 is 0 Å². The first kappa shape index (κ1) is 12.7. The Morgan fingerprint density at radius 1 is 1.00 bits per heavy atom. The smallest absolute Gasteiger partial charge is 0.350 e. The van der Waals surface area contributed by atoms with Crippen molar-refractivity contribution in [3.05, 3.63) is 0 Å². The zero-order valence-electron chi connectivity index (χ0n) is 8.28. The topological polar surface area (TPSA) is 145 Å². The van der Waals surface area contributed by atoms with Gasteiger partial charge in [-0.15, -0.1) is 0 Å². The van der Waals surface area contributed by atoms with Crippen molar-refractivity contribution in [3.8, 4) is 0 Å². The van der Waals surface area contributed by atoms with Crippen LogP contribution in [0.15, 0.2) is 0 Å². The first-order valence-corrected chi connectivity index (χ1v) is 4.18. The van der Waals surface area contributed by atoms with E-state index in [-0.39, 0.29) is 4.90 Å². The van der Waals surface area contributed by atoms with E-state index in [0.717, 1.165) is 13.8 Å². The average Bonchev–Trinajstić information content (AvgIpc) is 2.07. The lowest BCUT2D eigenvalue weighted by molar-refractivity contribution is -0.467. The number of hydrogen-bond acceptors (Lipinski definition) is 8. The fourth-order valence-electron chi connectivity index (χ4n) is 1.51. The van der Waals surface area contributed by atoms with Gasteiger partial charge in [0.2, 0.25) is 0 Å². The Balaban J connectivity index is 3.20. The van der Waals surface area contributed by atoms with E-state index in [9.17, 15) is 20.4 Å². The maximum absolute atomic E-state index is 9.66. The monoisotopic (exact) mass is 225 g/mol. The molecule has 1 saturated heterocycles. The van der Waals surface area contributed by atoms with Crippen molar-refractivity contribution in [1.29, 1.82) is 0 Å². The molecule has 90 valence electrons. The highest BCUT2D eigenvalue weighted by atomic mass is 16.7. The van der Waals surface area contributed by atoms with Crippen LogP contribution in [0.25, 0.3) is 0 Å². The van der Waals surface area contributed by atoms with E-state index >= 15 is 0 Å². The predicted octanol–water partition coefficient (Wildman–Crippen LogP) is -3.97. The van der Waals surface area contributed by atoms with Gasteiger partial charge < -0.3 is 35.7 Å². The van der Waals surface area contributed by atoms with Crippen LogP contribution in [-0.4, -0.2) is 70.4 Å². The van der Waals surface area contributed by atoms with Gasteiger partial charge >= 0.3 is 6.10 Å². The van der Waals surface area contributed by atoms with Crippen LogP contribution in [0.1, 0.15) is 13.8 Å². The lowest BCUT2D eigenvalue weighted by Crippen LogP contribution is -2.66. The van der Waals surface area contributed by atoms with Gasteiger partial charge in [-0.2, -0.15) is 4.90 Å². The third kappa shape index (κ3) is 1.55. The van der Waals surface area contributed by atoms with Crippen molar-refractivity contribution in [2.45, 2.75) is 37.1 Å². The summed E-state index contributed by atoms with van der Waals surface area (Å²) >= 11 is 0. The van der Waals surface area contributed by atoms with E-state index in [4.69, 9.17) is 15.3 Å². The van der Waals surface area contributed by atoms with Crippen molar-refractivity contribution in [1.82, 2.24) is 4.90 Å². The molecule has 0 amide bonds. The van der Waals surface area contributed by atoms with Gasteiger partial charge in [-0.05, 0) is 13.8 Å². The Hall–Kier alpha value is -0.320. The Morgan fingerprint density at radius 3 is 1.53 bits per heavy atom. The van der Waals surface area contributed by atoms with Gasteiger partial charge in [0.05, 0.1) is 0 Å². The minimum Gasteiger partial charge on any atom is -0.386 e. The number of hydrogen-bond donors (Lipinski definition) is 7. The minimum absolute atomic E-state index is 0.0556. The van der Waals surface area contributed by atoms with Gasteiger partial charge in [0.25, 0.3) is 5.91 Å². The zero-order chi connectivity index (χ0) is 12.3. The Bertz CT molecular complexity index is 267. The number of aliphatic hydroxyl groups is 7. The molecule has 0 spiro atoms. The summed E-state index contributed by atoms with van der Waals surface area (Å²) in [4.78, 5) is -0.0556. The third-order valence-electron chi connectivity index (χ3n) is 2.91. The van der Waals surface area contributed by atoms with E-state index < -0.39 is 29.8 Å². The summed E-state index contributed by atoms with van der Waals surface area (Å²) in [7, 11) is 0. The molecular weight excluding hydrogens is 210 g/mol. The van der Waals surface area contributed by atoms with Crippen molar-refractivity contribution < 1.29 is 35.7 Å². The fourth-order valence-corrected chi connectivity index (χ4v) is 1.51. The van der Waals surface area contributed by atoms with Crippen LogP contribution in [0.2, 0.25) is 0 Å². The molecule has 0 aromatic carbocycles. The molecule has 1 aliphatic heterocycles. The highest BCUT2D eigenvalue weighted by Gasteiger charge is 2.70. The largest absolute Gasteiger partial charge is 0.386 e. The summed E-state index contributed by atoms with van der Waals surface area (Å²) in [6.07, 6.45) is -3.56. The van der Waals surface area contributed by atoms with Gasteiger partial charge in [0.1, 0.15) is 5.60 Å². The molecule has 2 atom stereocenters. The Morgan fingerprint density at radius 2 is 1.40 bits per heavy atom. The van der Waals surface area contributed by atoms with Crippen LogP contribution in [-0.2, 0) is 0 Å². The van der Waals surface area contributed by atoms with E-state index in [2.05, 4.69) is 0 Å². The zero-order valence-corrected chi connectivity index (χ0v) is 8.28. The summed E-state index contributed by atoms with van der Waals surface area (Å²) in [6, 6.07) is 0. The van der Waals surface area contributed by atoms with Crippen LogP contribution in [0.4, 0.5) is 0 Å². The summed E-state index contributed by atoms with van der Waals surface area (Å²) in [5, 5.41) is 64.6. The molecular formula is C7H15NO7. The first-order valence-electron chi connectivity index (χ1n) is 4.18. The normalized spacial score (nSPS) is 42.2. The maximum atomic E-state index is 9.66. The van der Waals surface area contributed by atoms with Crippen molar-refractivity contribution in [2.75, 3.05) is 6.54 Å². The average molecular weight is 225 g/mol. The first-order chi connectivity index (χ1) is 6.34. The van der Waals surface area contributed by atoms with E-state index in [0.29, 0.717) is 0 Å². The third-order valence-corrected chi connectivity index (χ3v) is 2.91. The van der Waals surface area contributed by atoms with Gasteiger partial charge in [0.15, 0.2) is 5.60 Å². The lowest BCUT2D eigenvalue weighted by atomic mass is 9.87. The van der Waals surface area contributed by atoms with E-state index in [1.807, 2.05) is 0 Å². The molecule has 2 unspecified atom stereocenters. The number of rotatable bonds is 1. The summed E-state index contributed by atoms with van der Waals surface area (Å²) < 4.78 is 0. The van der Waals surface area contributed by atoms with Crippen LogP contribution in [0.5, 0.6) is 0 Å². The Kier molecular flexibility index (Phi) is 2.44. The molecule has 8 heteroatoms. The van der Waals surface area contributed by atoms with Gasteiger partial charge in [-0.3, -0.25) is 0 Å². The molecule has 0 bridgehead atoms. The molecule has 0 saturated carbocycles. The highest BCUT2D eigenvalue weighted by Crippen LogP contribution is 2.43. The molecule has 1 fully saturated rings. The molecule has 0 radical (unpaired) electrons. The summed E-state index contributed by atoms with van der Waals surface area (Å²) in [6.45, 7) is 1.19. The van der Waals surface area contributed by atoms with Gasteiger partial charge in [-0.1, -0.05) is 0 Å². The number of likely N-dealkylation sites (tertiary alicyclic amines) is 1. The molecule has 1 heterocycles. The molecule has 1 rings (SSSR count). The molecule has 0 aromatic rings. The predicted molar refractivity (Wildman–Crippen MR) is 44.5 cm³/mol. The van der Waals surface area contributed by atoms with Crippen LogP contribution in [0.3, 0.4) is 0 Å². The highest BCUT2D eigenvalue weighted by molar-refractivity contribution is 5.10. The lowest BCUT2D eigenvalue weighted by Gasteiger charge is -2.40. The van der Waals surface area contributed by atoms with E-state index in [1.54, 1.807) is 0 Å². The molecule has 0 aromatic heterocycles. The molecule has 7 N–H and O–H groups in total.